The van der Waals surface area contributed by atoms with Crippen LogP contribution in [0.4, 0.5) is 18.9 Å². The second-order valence-electron chi connectivity index (χ2n) is 6.15. The Hall–Kier alpha value is -2.77. The van der Waals surface area contributed by atoms with Gasteiger partial charge in [-0.25, -0.2) is 0 Å². The van der Waals surface area contributed by atoms with Crippen molar-refractivity contribution in [2.45, 2.75) is 32.0 Å². The van der Waals surface area contributed by atoms with E-state index >= 15 is 0 Å². The van der Waals surface area contributed by atoms with E-state index in [1.54, 1.807) is 6.07 Å². The van der Waals surface area contributed by atoms with Crippen LogP contribution in [0.25, 0.3) is 0 Å². The number of aryl methyl sites for hydroxylation is 1. The lowest BCUT2D eigenvalue weighted by molar-refractivity contribution is -0.138. The number of hydrogen-bond acceptors (Lipinski definition) is 3. The zero-order chi connectivity index (χ0) is 18.9. The van der Waals surface area contributed by atoms with Crippen molar-refractivity contribution in [3.63, 3.8) is 0 Å². The van der Waals surface area contributed by atoms with Crippen LogP contribution in [0, 0.1) is 6.92 Å². The molecule has 1 fully saturated rings. The summed E-state index contributed by atoms with van der Waals surface area (Å²) in [6.07, 6.45) is -2.06. The van der Waals surface area contributed by atoms with Gasteiger partial charge in [0.1, 0.15) is 6.04 Å². The quantitative estimate of drug-likeness (QED) is 0.898. The Morgan fingerprint density at radius 1 is 1.27 bits per heavy atom. The lowest BCUT2D eigenvalue weighted by atomic mass is 10.1. The van der Waals surface area contributed by atoms with Crippen molar-refractivity contribution in [2.75, 3.05) is 11.9 Å². The molecule has 3 rings (SSSR count). The fraction of sp³-hybridized carbons (Fsp3) is 0.333. The minimum absolute atomic E-state index is 0.0465. The third kappa shape index (κ3) is 3.58. The molecule has 2 amide bonds. The molecule has 0 spiro atoms. The molecular formula is C18H17F3N2O3. The molecule has 0 radical (unpaired) electrons. The molecule has 5 nitrogen and oxygen atoms in total. The van der Waals surface area contributed by atoms with Crippen molar-refractivity contribution in [1.29, 1.82) is 0 Å². The van der Waals surface area contributed by atoms with Crippen LogP contribution in [0.2, 0.25) is 0 Å². The van der Waals surface area contributed by atoms with Gasteiger partial charge in [0.05, 0.1) is 11.8 Å². The first kappa shape index (κ1) is 18.0. The van der Waals surface area contributed by atoms with Crippen LogP contribution in [0.1, 0.15) is 34.5 Å². The summed E-state index contributed by atoms with van der Waals surface area (Å²) >= 11 is 0. The predicted octanol–water partition coefficient (Wildman–Crippen LogP) is 3.85. The molecule has 1 unspecified atom stereocenters. The summed E-state index contributed by atoms with van der Waals surface area (Å²) in [5, 5.41) is 2.49. The minimum atomic E-state index is -4.50. The highest BCUT2D eigenvalue weighted by Crippen LogP contribution is 2.33. The van der Waals surface area contributed by atoms with E-state index in [1.165, 1.54) is 36.3 Å². The number of amides is 2. The summed E-state index contributed by atoms with van der Waals surface area (Å²) in [7, 11) is 0. The topological polar surface area (TPSA) is 62.6 Å². The summed E-state index contributed by atoms with van der Waals surface area (Å²) in [4.78, 5) is 26.3. The van der Waals surface area contributed by atoms with Gasteiger partial charge < -0.3 is 14.6 Å². The lowest BCUT2D eigenvalue weighted by Gasteiger charge is -2.23. The van der Waals surface area contributed by atoms with E-state index in [-0.39, 0.29) is 17.0 Å². The summed E-state index contributed by atoms with van der Waals surface area (Å²) in [6, 6.07) is 5.95. The number of benzene rings is 1. The molecule has 2 heterocycles. The molecule has 138 valence electrons. The van der Waals surface area contributed by atoms with Crippen LogP contribution in [-0.2, 0) is 11.0 Å². The van der Waals surface area contributed by atoms with Gasteiger partial charge in [0, 0.05) is 12.2 Å². The lowest BCUT2D eigenvalue weighted by Crippen LogP contribution is -2.43. The first-order valence-electron chi connectivity index (χ1n) is 8.10. The molecule has 1 aliphatic rings. The number of nitrogens with one attached hydrogen (secondary N) is 1. The molecule has 1 atom stereocenters. The van der Waals surface area contributed by atoms with Crippen LogP contribution < -0.4 is 5.32 Å². The standard InChI is InChI=1S/C18H17F3N2O3/c1-11-6-7-12(10-13(11)18(19,20)21)22-16(24)14-4-2-8-23(14)17(25)15-5-3-9-26-15/h3,5-7,9-10,14H,2,4,8H2,1H3,(H,22,24). The number of anilines is 1. The SMILES string of the molecule is Cc1ccc(NC(=O)C2CCCN2C(=O)c2ccco2)cc1C(F)(F)F. The molecular weight excluding hydrogens is 349 g/mol. The molecule has 2 aromatic rings. The Morgan fingerprint density at radius 3 is 2.69 bits per heavy atom. The van der Waals surface area contributed by atoms with E-state index in [2.05, 4.69) is 5.32 Å². The van der Waals surface area contributed by atoms with Gasteiger partial charge >= 0.3 is 6.18 Å². The summed E-state index contributed by atoms with van der Waals surface area (Å²) in [6.45, 7) is 1.74. The molecule has 1 aromatic carbocycles. The second kappa shape index (κ2) is 6.86. The Balaban J connectivity index is 1.76. The van der Waals surface area contributed by atoms with E-state index in [0.717, 1.165) is 6.07 Å². The molecule has 0 saturated carbocycles. The number of hydrogen-bond donors (Lipinski definition) is 1. The molecule has 8 heteroatoms. The predicted molar refractivity (Wildman–Crippen MR) is 87.6 cm³/mol. The van der Waals surface area contributed by atoms with Crippen molar-refractivity contribution in [3.05, 3.63) is 53.5 Å². The third-order valence-corrected chi connectivity index (χ3v) is 4.36. The van der Waals surface area contributed by atoms with Crippen LogP contribution in [0.15, 0.2) is 41.0 Å². The third-order valence-electron chi connectivity index (χ3n) is 4.36. The van der Waals surface area contributed by atoms with E-state index in [4.69, 9.17) is 4.42 Å². The number of carbonyl (C=O) groups is 2. The summed E-state index contributed by atoms with van der Waals surface area (Å²) in [5.74, 6) is -0.800. The van der Waals surface area contributed by atoms with Crippen LogP contribution in [0.3, 0.4) is 0 Å². The summed E-state index contributed by atoms with van der Waals surface area (Å²) in [5.41, 5.74) is -0.679. The van der Waals surface area contributed by atoms with Gasteiger partial charge in [-0.3, -0.25) is 9.59 Å². The fourth-order valence-electron chi connectivity index (χ4n) is 3.05. The molecule has 0 bridgehead atoms. The van der Waals surface area contributed by atoms with E-state index in [9.17, 15) is 22.8 Å². The van der Waals surface area contributed by atoms with Gasteiger partial charge in [0.15, 0.2) is 5.76 Å². The molecule has 1 aliphatic heterocycles. The maximum Gasteiger partial charge on any atom is 0.416 e. The molecule has 26 heavy (non-hydrogen) atoms. The summed E-state index contributed by atoms with van der Waals surface area (Å²) < 4.78 is 44.1. The van der Waals surface area contributed by atoms with Gasteiger partial charge in [-0.2, -0.15) is 13.2 Å². The number of nitrogens with zero attached hydrogens (tertiary/aromatic N) is 1. The number of rotatable bonds is 3. The normalized spacial score (nSPS) is 17.4. The van der Waals surface area contributed by atoms with Crippen molar-refractivity contribution >= 4 is 17.5 Å². The molecule has 0 aliphatic carbocycles. The zero-order valence-electron chi connectivity index (χ0n) is 14.0. The highest BCUT2D eigenvalue weighted by atomic mass is 19.4. The Labute approximate surface area is 147 Å². The second-order valence-corrected chi connectivity index (χ2v) is 6.15. The minimum Gasteiger partial charge on any atom is -0.459 e. The highest BCUT2D eigenvalue weighted by molar-refractivity contribution is 6.00. The number of halogens is 3. The van der Waals surface area contributed by atoms with Crippen molar-refractivity contribution in [3.8, 4) is 0 Å². The Kier molecular flexibility index (Phi) is 4.76. The van der Waals surface area contributed by atoms with E-state index < -0.39 is 29.6 Å². The average Bonchev–Trinajstić information content (AvgIpc) is 3.26. The zero-order valence-corrected chi connectivity index (χ0v) is 14.0. The smallest absolute Gasteiger partial charge is 0.416 e. The van der Waals surface area contributed by atoms with Crippen LogP contribution >= 0.6 is 0 Å². The first-order valence-corrected chi connectivity index (χ1v) is 8.10. The Morgan fingerprint density at radius 2 is 2.04 bits per heavy atom. The maximum absolute atomic E-state index is 13.0. The molecule has 1 aromatic heterocycles. The van der Waals surface area contributed by atoms with Crippen LogP contribution in [-0.4, -0.2) is 29.3 Å². The number of carbonyl (C=O) groups excluding carboxylic acids is 2. The average molecular weight is 366 g/mol. The maximum atomic E-state index is 13.0. The number of alkyl halides is 3. The monoisotopic (exact) mass is 366 g/mol. The number of furan rings is 1. The highest BCUT2D eigenvalue weighted by Gasteiger charge is 2.36. The largest absolute Gasteiger partial charge is 0.459 e. The molecule has 1 saturated heterocycles. The van der Waals surface area contributed by atoms with Gasteiger partial charge in [0.2, 0.25) is 5.91 Å². The number of likely N-dealkylation sites (tertiary alicyclic amines) is 1. The van der Waals surface area contributed by atoms with Gasteiger partial charge in [-0.05, 0) is 49.6 Å². The fourth-order valence-corrected chi connectivity index (χ4v) is 3.05. The van der Waals surface area contributed by atoms with Gasteiger partial charge in [-0.1, -0.05) is 6.07 Å². The first-order chi connectivity index (χ1) is 12.3. The van der Waals surface area contributed by atoms with Gasteiger partial charge in [0.25, 0.3) is 5.91 Å². The Bertz CT molecular complexity index is 816. The van der Waals surface area contributed by atoms with Crippen molar-refractivity contribution in [2.24, 2.45) is 0 Å². The van der Waals surface area contributed by atoms with E-state index in [0.29, 0.717) is 19.4 Å². The van der Waals surface area contributed by atoms with Crippen molar-refractivity contribution in [1.82, 2.24) is 4.90 Å². The van der Waals surface area contributed by atoms with E-state index in [1.807, 2.05) is 0 Å². The van der Waals surface area contributed by atoms with Gasteiger partial charge in [-0.15, -0.1) is 0 Å². The molecule has 1 N–H and O–H groups in total. The van der Waals surface area contributed by atoms with Crippen molar-refractivity contribution < 1.29 is 27.2 Å². The van der Waals surface area contributed by atoms with Crippen LogP contribution in [0.5, 0.6) is 0 Å².